The van der Waals surface area contributed by atoms with E-state index in [1.54, 1.807) is 26.4 Å². The van der Waals surface area contributed by atoms with E-state index in [0.29, 0.717) is 48.0 Å². The number of hydrogen-bond donors (Lipinski definition) is 0. The fraction of sp³-hybridized carbons (Fsp3) is 0.235. The summed E-state index contributed by atoms with van der Waals surface area (Å²) in [4.78, 5) is 1.81. The topological polar surface area (TPSA) is 79.2 Å². The van der Waals surface area contributed by atoms with E-state index in [-0.39, 0.29) is 6.04 Å². The fourth-order valence-corrected chi connectivity index (χ4v) is 7.32. The highest BCUT2D eigenvalue weighted by atomic mass is 32.2. The molecule has 226 valence electrons. The van der Waals surface area contributed by atoms with Gasteiger partial charge < -0.3 is 14.2 Å². The van der Waals surface area contributed by atoms with Gasteiger partial charge in [0.1, 0.15) is 23.1 Å². The lowest BCUT2D eigenvalue weighted by molar-refractivity contribution is 0.144. The summed E-state index contributed by atoms with van der Waals surface area (Å²) in [7, 11) is -1.23. The SMILES string of the molecule is COc1ccc2c(c1)c1c(n2OS(=O)(=O)c2ccccc2F)CN2CCc3cc(OC)c(OCc4ccccc4)cc3C2C1. The highest BCUT2D eigenvalue weighted by Crippen LogP contribution is 2.45. The number of hydrogen-bond acceptors (Lipinski definition) is 7. The zero-order chi connectivity index (χ0) is 30.4. The second-order valence-corrected chi connectivity index (χ2v) is 12.5. The maximum atomic E-state index is 14.6. The molecular formula is C34H31FN2O6S. The maximum absolute atomic E-state index is 14.6. The normalized spacial score (nSPS) is 16.1. The monoisotopic (exact) mass is 614 g/mol. The van der Waals surface area contributed by atoms with E-state index in [9.17, 15) is 12.8 Å². The highest BCUT2D eigenvalue weighted by molar-refractivity contribution is 7.87. The Balaban J connectivity index is 1.29. The van der Waals surface area contributed by atoms with E-state index in [4.69, 9.17) is 18.5 Å². The predicted octanol–water partition coefficient (Wildman–Crippen LogP) is 5.85. The minimum Gasteiger partial charge on any atom is -0.497 e. The van der Waals surface area contributed by atoms with E-state index in [1.807, 2.05) is 36.4 Å². The van der Waals surface area contributed by atoms with Gasteiger partial charge in [-0.3, -0.25) is 9.18 Å². The third kappa shape index (κ3) is 4.93. The van der Waals surface area contributed by atoms with Crippen LogP contribution in [0.1, 0.15) is 34.0 Å². The number of methoxy groups -OCH3 is 2. The van der Waals surface area contributed by atoms with Gasteiger partial charge in [-0.05, 0) is 77.6 Å². The largest absolute Gasteiger partial charge is 0.497 e. The van der Waals surface area contributed by atoms with Crippen LogP contribution in [0.2, 0.25) is 0 Å². The molecule has 2 aliphatic heterocycles. The van der Waals surface area contributed by atoms with Crippen LogP contribution in [0.5, 0.6) is 17.2 Å². The Kier molecular flexibility index (Phi) is 7.18. The number of halogens is 1. The van der Waals surface area contributed by atoms with Crippen LogP contribution in [0.4, 0.5) is 4.39 Å². The van der Waals surface area contributed by atoms with Crippen LogP contribution in [0, 0.1) is 5.82 Å². The van der Waals surface area contributed by atoms with Crippen LogP contribution < -0.4 is 18.5 Å². The first-order valence-electron chi connectivity index (χ1n) is 14.4. The Morgan fingerprint density at radius 2 is 1.70 bits per heavy atom. The van der Waals surface area contributed by atoms with Gasteiger partial charge in [-0.1, -0.05) is 42.5 Å². The summed E-state index contributed by atoms with van der Waals surface area (Å²) in [5.74, 6) is 1.14. The molecule has 0 fully saturated rings. The number of fused-ring (bicyclic) bond motifs is 6. The lowest BCUT2D eigenvalue weighted by atomic mass is 9.85. The molecule has 0 bridgehead atoms. The molecule has 0 saturated carbocycles. The van der Waals surface area contributed by atoms with Crippen molar-refractivity contribution in [3.05, 3.63) is 119 Å². The zero-order valence-corrected chi connectivity index (χ0v) is 25.1. The number of benzene rings is 4. The molecule has 2 aliphatic rings. The van der Waals surface area contributed by atoms with E-state index >= 15 is 0 Å². The molecule has 0 radical (unpaired) electrons. The summed E-state index contributed by atoms with van der Waals surface area (Å²) in [6.45, 7) is 1.61. The number of nitrogens with zero attached hydrogens (tertiary/aromatic N) is 2. The van der Waals surface area contributed by atoms with Crippen molar-refractivity contribution in [2.24, 2.45) is 0 Å². The molecule has 44 heavy (non-hydrogen) atoms. The number of aromatic nitrogens is 1. The van der Waals surface area contributed by atoms with E-state index in [1.165, 1.54) is 28.5 Å². The van der Waals surface area contributed by atoms with Crippen LogP contribution in [0.15, 0.2) is 89.8 Å². The molecule has 4 aromatic carbocycles. The van der Waals surface area contributed by atoms with Crippen LogP contribution in [0.25, 0.3) is 10.9 Å². The molecule has 0 saturated heterocycles. The molecule has 0 amide bonds. The average molecular weight is 615 g/mol. The van der Waals surface area contributed by atoms with Crippen LogP contribution >= 0.6 is 0 Å². The van der Waals surface area contributed by atoms with Gasteiger partial charge in [0.2, 0.25) is 0 Å². The first kappa shape index (κ1) is 28.2. The summed E-state index contributed by atoms with van der Waals surface area (Å²) in [6, 6.07) is 24.8. The van der Waals surface area contributed by atoms with Gasteiger partial charge in [-0.15, -0.1) is 0 Å². The van der Waals surface area contributed by atoms with Gasteiger partial charge in [0.25, 0.3) is 0 Å². The number of ether oxygens (including phenoxy) is 3. The summed E-state index contributed by atoms with van der Waals surface area (Å²) >= 11 is 0. The summed E-state index contributed by atoms with van der Waals surface area (Å²) in [5, 5.41) is 0.823. The minimum absolute atomic E-state index is 0.0182. The van der Waals surface area contributed by atoms with Crippen molar-refractivity contribution in [2.75, 3.05) is 20.8 Å². The second kappa shape index (κ2) is 11.2. The molecule has 7 rings (SSSR count). The first-order chi connectivity index (χ1) is 21.4. The Bertz CT molecular complexity index is 1980. The molecule has 10 heteroatoms. The van der Waals surface area contributed by atoms with Crippen molar-refractivity contribution in [3.8, 4) is 17.2 Å². The smallest absolute Gasteiger partial charge is 0.360 e. The van der Waals surface area contributed by atoms with Gasteiger partial charge in [0.05, 0.1) is 25.4 Å². The molecule has 0 aliphatic carbocycles. The van der Waals surface area contributed by atoms with Crippen molar-refractivity contribution in [2.45, 2.75) is 36.9 Å². The quantitative estimate of drug-likeness (QED) is 0.217. The third-order valence-corrected chi connectivity index (χ3v) is 9.72. The van der Waals surface area contributed by atoms with Gasteiger partial charge in [-0.2, -0.15) is 13.1 Å². The van der Waals surface area contributed by atoms with Gasteiger partial charge >= 0.3 is 10.1 Å². The van der Waals surface area contributed by atoms with Crippen LogP contribution in [-0.4, -0.2) is 38.8 Å². The first-order valence-corrected chi connectivity index (χ1v) is 15.8. The van der Waals surface area contributed by atoms with E-state index in [0.717, 1.165) is 41.1 Å². The molecule has 1 unspecified atom stereocenters. The maximum Gasteiger partial charge on any atom is 0.360 e. The second-order valence-electron chi connectivity index (χ2n) is 11.0. The third-order valence-electron chi connectivity index (χ3n) is 8.50. The molecule has 1 atom stereocenters. The molecule has 0 N–H and O–H groups in total. The average Bonchev–Trinajstić information content (AvgIpc) is 3.33. The summed E-state index contributed by atoms with van der Waals surface area (Å²) in [5.41, 5.74) is 5.63. The Morgan fingerprint density at radius 3 is 2.48 bits per heavy atom. The van der Waals surface area contributed by atoms with Crippen LogP contribution in [-0.2, 0) is 36.1 Å². The molecular weight excluding hydrogens is 583 g/mol. The van der Waals surface area contributed by atoms with Gasteiger partial charge in [0, 0.05) is 24.5 Å². The Labute approximate surface area is 255 Å². The van der Waals surface area contributed by atoms with Crippen molar-refractivity contribution in [3.63, 3.8) is 0 Å². The molecule has 3 heterocycles. The lowest BCUT2D eigenvalue weighted by Gasteiger charge is -2.41. The van der Waals surface area contributed by atoms with Gasteiger partial charge in [-0.25, -0.2) is 4.39 Å². The van der Waals surface area contributed by atoms with E-state index < -0.39 is 20.8 Å². The van der Waals surface area contributed by atoms with Gasteiger partial charge in [0.15, 0.2) is 11.5 Å². The molecule has 0 spiro atoms. The van der Waals surface area contributed by atoms with Crippen molar-refractivity contribution < 1.29 is 31.3 Å². The van der Waals surface area contributed by atoms with E-state index in [2.05, 4.69) is 17.0 Å². The van der Waals surface area contributed by atoms with Crippen molar-refractivity contribution in [1.29, 1.82) is 0 Å². The van der Waals surface area contributed by atoms with Crippen molar-refractivity contribution in [1.82, 2.24) is 9.63 Å². The zero-order valence-electron chi connectivity index (χ0n) is 24.3. The lowest BCUT2D eigenvalue weighted by Crippen LogP contribution is -2.40. The minimum atomic E-state index is -4.47. The summed E-state index contributed by atoms with van der Waals surface area (Å²) in [6.07, 6.45) is 1.39. The molecule has 8 nitrogen and oxygen atoms in total. The Morgan fingerprint density at radius 1 is 0.909 bits per heavy atom. The molecule has 1 aromatic heterocycles. The van der Waals surface area contributed by atoms with Crippen LogP contribution in [0.3, 0.4) is 0 Å². The predicted molar refractivity (Wildman–Crippen MR) is 163 cm³/mol. The van der Waals surface area contributed by atoms with Crippen molar-refractivity contribution >= 4 is 21.0 Å². The standard InChI is InChI=1S/C34H31FN2O6S/c1-40-24-12-13-29-26(17-24)27-18-30-25-19-33(42-21-22-8-4-3-5-9-22)32(41-2)16-23(25)14-15-36(30)20-31(27)37(29)43-44(38,39)34-11-7-6-10-28(34)35/h3-13,16-17,19,30H,14-15,18,20-21H2,1-2H3. The summed E-state index contributed by atoms with van der Waals surface area (Å²) < 4.78 is 65.8. The Hall–Kier alpha value is -4.54. The highest BCUT2D eigenvalue weighted by Gasteiger charge is 2.37. The number of rotatable bonds is 8. The molecule has 5 aromatic rings. The fourth-order valence-electron chi connectivity index (χ4n) is 6.33.